The van der Waals surface area contributed by atoms with Gasteiger partial charge in [-0.2, -0.15) is 0 Å². The van der Waals surface area contributed by atoms with Crippen molar-refractivity contribution in [1.82, 2.24) is 4.90 Å². The van der Waals surface area contributed by atoms with Crippen LogP contribution in [0.2, 0.25) is 0 Å². The Kier molecular flexibility index (Phi) is 3.01. The molecule has 0 aromatic carbocycles. The average Bonchev–Trinajstić information content (AvgIpc) is 2.59. The van der Waals surface area contributed by atoms with Crippen LogP contribution in [-0.4, -0.2) is 29.3 Å². The van der Waals surface area contributed by atoms with Crippen molar-refractivity contribution < 1.29 is 4.79 Å². The van der Waals surface area contributed by atoms with E-state index in [9.17, 15) is 4.79 Å². The van der Waals surface area contributed by atoms with Crippen LogP contribution in [0, 0.1) is 11.8 Å². The van der Waals surface area contributed by atoms with E-state index in [4.69, 9.17) is 11.6 Å². The van der Waals surface area contributed by atoms with E-state index in [-0.39, 0.29) is 0 Å². The fraction of sp³-hybridized carbons (Fsp3) is 0.909. The summed E-state index contributed by atoms with van der Waals surface area (Å²) in [6, 6.07) is 0. The van der Waals surface area contributed by atoms with E-state index >= 15 is 0 Å². The molecule has 1 saturated carbocycles. The van der Waals surface area contributed by atoms with Crippen LogP contribution in [0.4, 0.5) is 0 Å². The molecule has 14 heavy (non-hydrogen) atoms. The smallest absolute Gasteiger partial charge is 0.222 e. The first kappa shape index (κ1) is 10.3. The Labute approximate surface area is 90.6 Å². The molecule has 3 heteroatoms. The lowest BCUT2D eigenvalue weighted by molar-refractivity contribution is -0.130. The molecule has 0 bridgehead atoms. The molecule has 1 saturated heterocycles. The number of halogens is 1. The highest BCUT2D eigenvalue weighted by Gasteiger charge is 2.38. The van der Waals surface area contributed by atoms with E-state index in [2.05, 4.69) is 0 Å². The minimum absolute atomic E-state index is 0.311. The van der Waals surface area contributed by atoms with Crippen LogP contribution in [0.1, 0.15) is 32.6 Å². The van der Waals surface area contributed by atoms with Gasteiger partial charge in [-0.1, -0.05) is 6.92 Å². The van der Waals surface area contributed by atoms with Gasteiger partial charge in [-0.25, -0.2) is 0 Å². The van der Waals surface area contributed by atoms with Gasteiger partial charge >= 0.3 is 0 Å². The molecule has 1 aliphatic carbocycles. The molecule has 1 heterocycles. The van der Waals surface area contributed by atoms with Gasteiger partial charge in [-0.05, 0) is 31.1 Å². The fourth-order valence-corrected chi connectivity index (χ4v) is 3.16. The van der Waals surface area contributed by atoms with Crippen molar-refractivity contribution in [2.75, 3.05) is 13.1 Å². The van der Waals surface area contributed by atoms with E-state index < -0.39 is 0 Å². The first-order valence-corrected chi connectivity index (χ1v) is 6.06. The van der Waals surface area contributed by atoms with Crippen LogP contribution in [0.5, 0.6) is 0 Å². The Morgan fingerprint density at radius 2 is 2.07 bits per heavy atom. The zero-order chi connectivity index (χ0) is 10.1. The molecule has 2 rings (SSSR count). The van der Waals surface area contributed by atoms with Gasteiger partial charge in [-0.15, -0.1) is 11.6 Å². The average molecular weight is 216 g/mol. The summed E-state index contributed by atoms with van der Waals surface area (Å²) in [7, 11) is 0. The van der Waals surface area contributed by atoms with E-state index in [1.165, 1.54) is 6.42 Å². The Morgan fingerprint density at radius 3 is 2.79 bits per heavy atom. The second-order valence-corrected chi connectivity index (χ2v) is 5.20. The third-order valence-corrected chi connectivity index (χ3v) is 4.04. The predicted molar refractivity (Wildman–Crippen MR) is 57.3 cm³/mol. The molecule has 0 radical (unpaired) electrons. The van der Waals surface area contributed by atoms with E-state index in [1.807, 2.05) is 11.8 Å². The number of hydrogen-bond donors (Lipinski definition) is 0. The molecule has 2 aliphatic rings. The molecular formula is C11H18ClNO. The molecule has 1 aliphatic heterocycles. The van der Waals surface area contributed by atoms with Crippen molar-refractivity contribution in [3.8, 4) is 0 Å². The lowest BCUT2D eigenvalue weighted by Crippen LogP contribution is -2.28. The molecule has 0 aromatic heterocycles. The second-order valence-electron chi connectivity index (χ2n) is 4.58. The van der Waals surface area contributed by atoms with Crippen molar-refractivity contribution in [2.24, 2.45) is 11.8 Å². The van der Waals surface area contributed by atoms with Crippen molar-refractivity contribution in [3.05, 3.63) is 0 Å². The first-order valence-electron chi connectivity index (χ1n) is 5.62. The normalized spacial score (nSPS) is 37.0. The van der Waals surface area contributed by atoms with Gasteiger partial charge in [-0.3, -0.25) is 4.79 Å². The van der Waals surface area contributed by atoms with E-state index in [0.717, 1.165) is 31.8 Å². The van der Waals surface area contributed by atoms with Crippen molar-refractivity contribution in [1.29, 1.82) is 0 Å². The molecule has 3 atom stereocenters. The molecule has 2 nitrogen and oxygen atoms in total. The van der Waals surface area contributed by atoms with E-state index in [1.54, 1.807) is 0 Å². The topological polar surface area (TPSA) is 20.3 Å². The Balaban J connectivity index is 1.95. The summed E-state index contributed by atoms with van der Waals surface area (Å²) in [5.41, 5.74) is 0. The van der Waals surface area contributed by atoms with Crippen LogP contribution in [0.25, 0.3) is 0 Å². The fourth-order valence-electron chi connectivity index (χ4n) is 2.80. The molecule has 2 fully saturated rings. The maximum absolute atomic E-state index is 11.5. The molecule has 1 amide bonds. The Morgan fingerprint density at radius 1 is 1.36 bits per heavy atom. The highest BCUT2D eigenvalue weighted by Crippen LogP contribution is 2.38. The highest BCUT2D eigenvalue weighted by molar-refractivity contribution is 6.20. The number of hydrogen-bond acceptors (Lipinski definition) is 1. The van der Waals surface area contributed by atoms with Gasteiger partial charge in [0.25, 0.3) is 0 Å². The van der Waals surface area contributed by atoms with Gasteiger partial charge in [0, 0.05) is 24.9 Å². The molecule has 0 aromatic rings. The summed E-state index contributed by atoms with van der Waals surface area (Å²) in [4.78, 5) is 13.6. The number of rotatable bonds is 1. The Hall–Kier alpha value is -0.240. The summed E-state index contributed by atoms with van der Waals surface area (Å²) in [6.45, 7) is 3.89. The van der Waals surface area contributed by atoms with Gasteiger partial charge in [0.2, 0.25) is 5.91 Å². The standard InChI is InChI=1S/C11H18ClNO/c1-2-11(14)13-6-8-3-4-10(12)5-9(8)7-13/h8-10H,2-7H2,1H3. The highest BCUT2D eigenvalue weighted by atomic mass is 35.5. The summed E-state index contributed by atoms with van der Waals surface area (Å²) in [5.74, 6) is 1.73. The molecule has 3 unspecified atom stereocenters. The summed E-state index contributed by atoms with van der Waals surface area (Å²) in [6.07, 6.45) is 4.10. The maximum atomic E-state index is 11.5. The van der Waals surface area contributed by atoms with Gasteiger partial charge in [0.1, 0.15) is 0 Å². The van der Waals surface area contributed by atoms with Crippen LogP contribution in [-0.2, 0) is 4.79 Å². The zero-order valence-electron chi connectivity index (χ0n) is 8.71. The van der Waals surface area contributed by atoms with Crippen LogP contribution < -0.4 is 0 Å². The van der Waals surface area contributed by atoms with Crippen molar-refractivity contribution in [2.45, 2.75) is 38.0 Å². The van der Waals surface area contributed by atoms with Crippen LogP contribution in [0.3, 0.4) is 0 Å². The number of amides is 1. The van der Waals surface area contributed by atoms with Crippen LogP contribution in [0.15, 0.2) is 0 Å². The molecule has 0 spiro atoms. The van der Waals surface area contributed by atoms with Crippen molar-refractivity contribution in [3.63, 3.8) is 0 Å². The van der Waals surface area contributed by atoms with Crippen LogP contribution >= 0.6 is 11.6 Å². The van der Waals surface area contributed by atoms with Crippen molar-refractivity contribution >= 4 is 17.5 Å². The monoisotopic (exact) mass is 215 g/mol. The summed E-state index contributed by atoms with van der Waals surface area (Å²) >= 11 is 6.14. The zero-order valence-corrected chi connectivity index (χ0v) is 9.46. The second kappa shape index (κ2) is 4.09. The minimum Gasteiger partial charge on any atom is -0.342 e. The third-order valence-electron chi connectivity index (χ3n) is 3.64. The van der Waals surface area contributed by atoms with Gasteiger partial charge < -0.3 is 4.90 Å². The number of carbonyl (C=O) groups excluding carboxylic acids is 1. The summed E-state index contributed by atoms with van der Waals surface area (Å²) < 4.78 is 0. The van der Waals surface area contributed by atoms with Gasteiger partial charge in [0.05, 0.1) is 0 Å². The number of likely N-dealkylation sites (tertiary alicyclic amines) is 1. The molecular weight excluding hydrogens is 198 g/mol. The van der Waals surface area contributed by atoms with Gasteiger partial charge in [0.15, 0.2) is 0 Å². The Bertz CT molecular complexity index is 231. The maximum Gasteiger partial charge on any atom is 0.222 e. The lowest BCUT2D eigenvalue weighted by Gasteiger charge is -2.26. The quantitative estimate of drug-likeness (QED) is 0.615. The SMILES string of the molecule is CCC(=O)N1CC2CCC(Cl)CC2C1. The largest absolute Gasteiger partial charge is 0.342 e. The predicted octanol–water partition coefficient (Wildman–Crippen LogP) is 2.26. The number of nitrogens with zero attached hydrogens (tertiary/aromatic N) is 1. The molecule has 80 valence electrons. The number of fused-ring (bicyclic) bond motifs is 1. The summed E-state index contributed by atoms with van der Waals surface area (Å²) in [5, 5.41) is 0.355. The third kappa shape index (κ3) is 1.90. The lowest BCUT2D eigenvalue weighted by atomic mass is 9.82. The first-order chi connectivity index (χ1) is 6.70. The minimum atomic E-state index is 0.311. The van der Waals surface area contributed by atoms with E-state index in [0.29, 0.717) is 23.6 Å². The number of carbonyl (C=O) groups is 1. The number of alkyl halides is 1. The molecule has 0 N–H and O–H groups in total.